The van der Waals surface area contributed by atoms with Crippen molar-refractivity contribution in [3.05, 3.63) is 53.6 Å². The van der Waals surface area contributed by atoms with E-state index in [1.54, 1.807) is 18.2 Å². The smallest absolute Gasteiger partial charge is 0.229 e. The predicted molar refractivity (Wildman–Crippen MR) is 170 cm³/mol. The van der Waals surface area contributed by atoms with E-state index in [0.717, 1.165) is 75.9 Å². The van der Waals surface area contributed by atoms with Crippen LogP contribution >= 0.6 is 12.4 Å². The van der Waals surface area contributed by atoms with Crippen LogP contribution in [0.15, 0.2) is 42.5 Å². The number of unbranched alkanes of at least 4 members (excludes halogenated alkanes) is 1. The van der Waals surface area contributed by atoms with E-state index in [2.05, 4.69) is 33.6 Å². The first-order valence-electron chi connectivity index (χ1n) is 15.1. The van der Waals surface area contributed by atoms with Crippen molar-refractivity contribution >= 4 is 34.0 Å². The van der Waals surface area contributed by atoms with Crippen molar-refractivity contribution in [1.29, 1.82) is 0 Å². The highest BCUT2D eigenvalue weighted by Gasteiger charge is 2.29. The van der Waals surface area contributed by atoms with Gasteiger partial charge in [-0.1, -0.05) is 44.7 Å². The number of carbonyl (C=O) groups excluding carboxylic acids is 1. The number of piperidine rings is 1. The van der Waals surface area contributed by atoms with Crippen molar-refractivity contribution in [3.8, 4) is 11.5 Å². The molecule has 1 saturated carbocycles. The Hall–Kier alpha value is -2.29. The Morgan fingerprint density at radius 2 is 1.71 bits per heavy atom. The number of anilines is 1. The summed E-state index contributed by atoms with van der Waals surface area (Å²) in [5.74, 6) is 2.43. The van der Waals surface area contributed by atoms with Crippen LogP contribution in [0.5, 0.6) is 11.5 Å². The Labute approximate surface area is 253 Å². The van der Waals surface area contributed by atoms with Gasteiger partial charge in [0.05, 0.1) is 6.26 Å². The van der Waals surface area contributed by atoms with Gasteiger partial charge in [0.1, 0.15) is 11.5 Å². The van der Waals surface area contributed by atoms with Crippen LogP contribution in [-0.2, 0) is 21.4 Å². The van der Waals surface area contributed by atoms with Gasteiger partial charge >= 0.3 is 0 Å². The number of hydrogen-bond donors (Lipinski definition) is 1. The highest BCUT2D eigenvalue weighted by atomic mass is 35.5. The van der Waals surface area contributed by atoms with Gasteiger partial charge in [0.2, 0.25) is 15.9 Å². The maximum absolute atomic E-state index is 13.3. The van der Waals surface area contributed by atoms with E-state index in [0.29, 0.717) is 29.3 Å². The number of sulfonamides is 1. The Kier molecular flexibility index (Phi) is 12.8. The van der Waals surface area contributed by atoms with Crippen LogP contribution in [0.4, 0.5) is 5.69 Å². The van der Waals surface area contributed by atoms with E-state index in [4.69, 9.17) is 4.74 Å². The van der Waals surface area contributed by atoms with Crippen molar-refractivity contribution in [2.45, 2.75) is 90.6 Å². The number of nitrogens with one attached hydrogen (secondary N) is 1. The summed E-state index contributed by atoms with van der Waals surface area (Å²) in [5, 5.41) is 0. The van der Waals surface area contributed by atoms with Gasteiger partial charge in [0.25, 0.3) is 0 Å². The fourth-order valence-electron chi connectivity index (χ4n) is 6.07. The van der Waals surface area contributed by atoms with E-state index in [1.807, 2.05) is 19.1 Å². The molecule has 0 spiro atoms. The molecular formula is C32H48ClN3O4S. The number of benzene rings is 2. The van der Waals surface area contributed by atoms with Gasteiger partial charge in [-0.3, -0.25) is 14.4 Å². The van der Waals surface area contributed by atoms with Crippen LogP contribution in [0.2, 0.25) is 0 Å². The number of ether oxygens (including phenoxy) is 1. The van der Waals surface area contributed by atoms with Gasteiger partial charge in [-0.25, -0.2) is 8.42 Å². The highest BCUT2D eigenvalue weighted by Crippen LogP contribution is 2.30. The molecule has 1 aliphatic carbocycles. The van der Waals surface area contributed by atoms with E-state index < -0.39 is 10.0 Å². The molecule has 1 aliphatic heterocycles. The lowest BCUT2D eigenvalue weighted by molar-refractivity contribution is -0.136. The lowest BCUT2D eigenvalue weighted by Crippen LogP contribution is -2.48. The number of hydrogen-bond acceptors (Lipinski definition) is 5. The first-order chi connectivity index (χ1) is 19.2. The standard InChI is InChI=1S/C32H47N3O4S.ClH/c1-4-5-19-35(32(36)23-26-9-7-6-8-10-26)29-17-20-34(21-18-29)24-27-11-14-30(15-12-27)39-31-16-13-28(22-25(31)2)33-40(3,37)38;/h11-16,22,26,29,33H,4-10,17-21,23-24H2,1-3H3;1H. The van der Waals surface area contributed by atoms with Crippen LogP contribution < -0.4 is 9.46 Å². The summed E-state index contributed by atoms with van der Waals surface area (Å²) in [6, 6.07) is 13.8. The Morgan fingerprint density at radius 3 is 2.32 bits per heavy atom. The van der Waals surface area contributed by atoms with E-state index in [9.17, 15) is 13.2 Å². The molecule has 2 fully saturated rings. The average molecular weight is 606 g/mol. The Morgan fingerprint density at radius 1 is 1.02 bits per heavy atom. The maximum Gasteiger partial charge on any atom is 0.229 e. The zero-order valence-corrected chi connectivity index (χ0v) is 26.6. The number of halogens is 1. The van der Waals surface area contributed by atoms with Gasteiger partial charge < -0.3 is 9.64 Å². The number of likely N-dealkylation sites (tertiary alicyclic amines) is 1. The van der Waals surface area contributed by atoms with Crippen molar-refractivity contribution in [3.63, 3.8) is 0 Å². The molecule has 2 aromatic carbocycles. The molecule has 41 heavy (non-hydrogen) atoms. The van der Waals surface area contributed by atoms with E-state index in [-0.39, 0.29) is 12.4 Å². The van der Waals surface area contributed by atoms with Crippen LogP contribution in [0.25, 0.3) is 0 Å². The minimum atomic E-state index is -3.32. The molecule has 0 atom stereocenters. The summed E-state index contributed by atoms with van der Waals surface area (Å²) in [6.45, 7) is 7.92. The molecule has 0 aromatic heterocycles. The zero-order chi connectivity index (χ0) is 28.5. The molecular weight excluding hydrogens is 558 g/mol. The quantitative estimate of drug-likeness (QED) is 0.278. The first-order valence-corrected chi connectivity index (χ1v) is 17.0. The highest BCUT2D eigenvalue weighted by molar-refractivity contribution is 7.92. The minimum absolute atomic E-state index is 0. The Bertz CT molecular complexity index is 1210. The molecule has 0 unspecified atom stereocenters. The normalized spacial score (nSPS) is 17.0. The molecule has 4 rings (SSSR count). The largest absolute Gasteiger partial charge is 0.457 e. The third kappa shape index (κ3) is 10.5. The van der Waals surface area contributed by atoms with E-state index >= 15 is 0 Å². The molecule has 1 amide bonds. The molecule has 9 heteroatoms. The number of amides is 1. The summed E-state index contributed by atoms with van der Waals surface area (Å²) in [7, 11) is -3.32. The molecule has 228 valence electrons. The topological polar surface area (TPSA) is 79.0 Å². The second-order valence-electron chi connectivity index (χ2n) is 11.8. The van der Waals surface area contributed by atoms with Crippen molar-refractivity contribution in [2.75, 3.05) is 30.6 Å². The molecule has 1 heterocycles. The van der Waals surface area contributed by atoms with Crippen LogP contribution in [-0.4, -0.2) is 56.1 Å². The summed E-state index contributed by atoms with van der Waals surface area (Å²) in [6.07, 6.45) is 12.6. The van der Waals surface area contributed by atoms with Crippen molar-refractivity contribution in [2.24, 2.45) is 5.92 Å². The molecule has 2 aliphatic rings. The fourth-order valence-corrected chi connectivity index (χ4v) is 6.63. The third-order valence-electron chi connectivity index (χ3n) is 8.29. The second kappa shape index (κ2) is 15.8. The number of carbonyl (C=O) groups is 1. The summed E-state index contributed by atoms with van der Waals surface area (Å²) in [5.41, 5.74) is 2.62. The van der Waals surface area contributed by atoms with Crippen molar-refractivity contribution in [1.82, 2.24) is 9.80 Å². The van der Waals surface area contributed by atoms with Crippen molar-refractivity contribution < 1.29 is 17.9 Å². The number of aryl methyl sites for hydroxylation is 1. The lowest BCUT2D eigenvalue weighted by atomic mass is 9.86. The SMILES string of the molecule is CCCCN(C(=O)CC1CCCCC1)C1CCN(Cc2ccc(Oc3ccc(NS(C)(=O)=O)cc3C)cc2)CC1.Cl. The van der Waals surface area contributed by atoms with Gasteiger partial charge in [-0.2, -0.15) is 0 Å². The molecule has 1 saturated heterocycles. The molecule has 2 aromatic rings. The monoisotopic (exact) mass is 605 g/mol. The minimum Gasteiger partial charge on any atom is -0.457 e. The van der Waals surface area contributed by atoms with Crippen LogP contribution in [0, 0.1) is 12.8 Å². The summed E-state index contributed by atoms with van der Waals surface area (Å²) in [4.78, 5) is 18.1. The van der Waals surface area contributed by atoms with E-state index in [1.165, 1.54) is 37.7 Å². The van der Waals surface area contributed by atoms with Gasteiger partial charge in [-0.05, 0) is 86.4 Å². The fraction of sp³-hybridized carbons (Fsp3) is 0.594. The second-order valence-corrected chi connectivity index (χ2v) is 13.5. The molecule has 1 N–H and O–H groups in total. The van der Waals surface area contributed by atoms with Crippen LogP contribution in [0.1, 0.15) is 82.3 Å². The molecule has 0 bridgehead atoms. The molecule has 7 nitrogen and oxygen atoms in total. The lowest BCUT2D eigenvalue weighted by Gasteiger charge is -2.39. The number of rotatable bonds is 12. The van der Waals surface area contributed by atoms with Gasteiger partial charge in [0.15, 0.2) is 0 Å². The Balaban J connectivity index is 0.00000462. The zero-order valence-electron chi connectivity index (χ0n) is 24.9. The van der Waals surface area contributed by atoms with Crippen LogP contribution in [0.3, 0.4) is 0 Å². The number of nitrogens with zero attached hydrogens (tertiary/aromatic N) is 2. The maximum atomic E-state index is 13.3. The summed E-state index contributed by atoms with van der Waals surface area (Å²) >= 11 is 0. The van der Waals surface area contributed by atoms with Gasteiger partial charge in [0, 0.05) is 44.3 Å². The summed E-state index contributed by atoms with van der Waals surface area (Å²) < 4.78 is 31.5. The average Bonchev–Trinajstić information content (AvgIpc) is 2.92. The van der Waals surface area contributed by atoms with Gasteiger partial charge in [-0.15, -0.1) is 12.4 Å². The first kappa shape index (κ1) is 33.2. The third-order valence-corrected chi connectivity index (χ3v) is 8.90. The predicted octanol–water partition coefficient (Wildman–Crippen LogP) is 7.14. The molecule has 0 radical (unpaired) electrons.